The average molecular weight is 118 g/mol. The van der Waals surface area contributed by atoms with Gasteiger partial charge in [-0.1, -0.05) is 12.2 Å². The summed E-state index contributed by atoms with van der Waals surface area (Å²) < 4.78 is 0. The van der Waals surface area contributed by atoms with Crippen molar-refractivity contribution in [3.8, 4) is 0 Å². The van der Waals surface area contributed by atoms with Crippen molar-refractivity contribution >= 4 is 17.2 Å². The molecule has 0 saturated heterocycles. The number of hydrogen-bond donors (Lipinski definition) is 2. The molecule has 0 aromatic rings. The van der Waals surface area contributed by atoms with Gasteiger partial charge in [-0.15, -0.1) is 0 Å². The van der Waals surface area contributed by atoms with Crippen molar-refractivity contribution in [3.05, 3.63) is 0 Å². The lowest BCUT2D eigenvalue weighted by atomic mass is 10.4. The third kappa shape index (κ3) is 5.85. The van der Waals surface area contributed by atoms with Crippen LogP contribution in [0.1, 0.15) is 6.42 Å². The van der Waals surface area contributed by atoms with E-state index in [1.165, 1.54) is 0 Å². The summed E-state index contributed by atoms with van der Waals surface area (Å²) in [6, 6.07) is 0. The third-order valence-electron chi connectivity index (χ3n) is 0.621. The zero-order chi connectivity index (χ0) is 5.70. The van der Waals surface area contributed by atoms with E-state index in [-0.39, 0.29) is 0 Å². The molecule has 0 rings (SSSR count). The number of nitrogens with two attached hydrogens (primary N) is 1. The van der Waals surface area contributed by atoms with Crippen LogP contribution in [0.5, 0.6) is 0 Å². The van der Waals surface area contributed by atoms with Crippen molar-refractivity contribution in [1.29, 1.82) is 0 Å². The fourth-order valence-corrected chi connectivity index (χ4v) is 0.350. The van der Waals surface area contributed by atoms with E-state index in [1.807, 2.05) is 7.05 Å². The largest absolute Gasteiger partial charge is 0.393 e. The van der Waals surface area contributed by atoms with Gasteiger partial charge in [0, 0.05) is 13.0 Å². The Morgan fingerprint density at radius 3 is 2.57 bits per heavy atom. The maximum absolute atomic E-state index is 5.17. The summed E-state index contributed by atoms with van der Waals surface area (Å²) in [5.41, 5.74) is 5.17. The van der Waals surface area contributed by atoms with Crippen molar-refractivity contribution < 1.29 is 0 Å². The van der Waals surface area contributed by atoms with Crippen LogP contribution in [0.15, 0.2) is 0 Å². The maximum atomic E-state index is 5.17. The Hall–Kier alpha value is -0.150. The molecular weight excluding hydrogens is 108 g/mol. The van der Waals surface area contributed by atoms with Crippen LogP contribution in [0.25, 0.3) is 0 Å². The van der Waals surface area contributed by atoms with Gasteiger partial charge in [0.25, 0.3) is 0 Å². The predicted octanol–water partition coefficient (Wildman–Crippen LogP) is -0.118. The second-order valence-electron chi connectivity index (χ2n) is 1.32. The Balaban J connectivity index is 2.82. The molecule has 0 saturated carbocycles. The molecule has 2 nitrogen and oxygen atoms in total. The number of nitrogens with one attached hydrogen (secondary N) is 1. The molecule has 0 spiro atoms. The molecule has 0 radical (unpaired) electrons. The Morgan fingerprint density at radius 2 is 2.43 bits per heavy atom. The first-order valence-corrected chi connectivity index (χ1v) is 2.61. The Bertz CT molecular complexity index is 62.7. The van der Waals surface area contributed by atoms with Crippen LogP contribution in [0.3, 0.4) is 0 Å². The van der Waals surface area contributed by atoms with Gasteiger partial charge in [0.15, 0.2) is 0 Å². The molecular formula is C4H10N2S. The van der Waals surface area contributed by atoms with Crippen molar-refractivity contribution in [1.82, 2.24) is 5.32 Å². The van der Waals surface area contributed by atoms with E-state index in [0.717, 1.165) is 13.0 Å². The van der Waals surface area contributed by atoms with Gasteiger partial charge < -0.3 is 11.1 Å². The number of rotatable bonds is 3. The molecule has 0 aromatic heterocycles. The quantitative estimate of drug-likeness (QED) is 0.507. The highest BCUT2D eigenvalue weighted by molar-refractivity contribution is 7.80. The second kappa shape index (κ2) is 4.02. The van der Waals surface area contributed by atoms with Gasteiger partial charge in [0.05, 0.1) is 4.99 Å². The molecule has 0 amide bonds. The monoisotopic (exact) mass is 118 g/mol. The van der Waals surface area contributed by atoms with Crippen LogP contribution < -0.4 is 11.1 Å². The fraction of sp³-hybridized carbons (Fsp3) is 0.750. The van der Waals surface area contributed by atoms with E-state index in [2.05, 4.69) is 17.5 Å². The van der Waals surface area contributed by atoms with Crippen LogP contribution in [-0.4, -0.2) is 18.6 Å². The lowest BCUT2D eigenvalue weighted by molar-refractivity contribution is 0.826. The second-order valence-corrected chi connectivity index (χ2v) is 1.84. The molecule has 0 fully saturated rings. The summed E-state index contributed by atoms with van der Waals surface area (Å²) in [6.45, 7) is 0.884. The van der Waals surface area contributed by atoms with E-state index >= 15 is 0 Å². The molecule has 3 N–H and O–H groups in total. The molecule has 0 heterocycles. The summed E-state index contributed by atoms with van der Waals surface area (Å²) in [7, 11) is 1.87. The smallest absolute Gasteiger partial charge is 0.0740 e. The lowest BCUT2D eigenvalue weighted by Gasteiger charge is -1.92. The van der Waals surface area contributed by atoms with Gasteiger partial charge in [-0.25, -0.2) is 0 Å². The molecule has 0 aromatic carbocycles. The minimum absolute atomic E-state index is 0.578. The summed E-state index contributed by atoms with van der Waals surface area (Å²) in [4.78, 5) is 0.578. The summed E-state index contributed by atoms with van der Waals surface area (Å²) in [5.74, 6) is 0. The molecule has 0 aliphatic carbocycles. The zero-order valence-corrected chi connectivity index (χ0v) is 5.22. The van der Waals surface area contributed by atoms with Crippen molar-refractivity contribution in [2.75, 3.05) is 13.6 Å². The fourth-order valence-electron chi connectivity index (χ4n) is 0.248. The van der Waals surface area contributed by atoms with Crippen molar-refractivity contribution in [2.45, 2.75) is 6.42 Å². The van der Waals surface area contributed by atoms with E-state index in [0.29, 0.717) is 4.99 Å². The molecule has 0 aliphatic rings. The Labute approximate surface area is 49.1 Å². The van der Waals surface area contributed by atoms with Crippen LogP contribution >= 0.6 is 12.2 Å². The topological polar surface area (TPSA) is 38.0 Å². The third-order valence-corrected chi connectivity index (χ3v) is 0.826. The van der Waals surface area contributed by atoms with E-state index in [1.54, 1.807) is 0 Å². The van der Waals surface area contributed by atoms with Crippen molar-refractivity contribution in [2.24, 2.45) is 5.73 Å². The molecule has 3 heteroatoms. The number of hydrogen-bond acceptors (Lipinski definition) is 2. The highest BCUT2D eigenvalue weighted by Gasteiger charge is 1.82. The molecule has 42 valence electrons. The van der Waals surface area contributed by atoms with E-state index in [4.69, 9.17) is 5.73 Å². The Morgan fingerprint density at radius 1 is 1.86 bits per heavy atom. The lowest BCUT2D eigenvalue weighted by Crippen LogP contribution is -2.16. The molecule has 0 bridgehead atoms. The van der Waals surface area contributed by atoms with Crippen LogP contribution in [0, 0.1) is 0 Å². The first-order valence-electron chi connectivity index (χ1n) is 2.20. The molecule has 7 heavy (non-hydrogen) atoms. The SMILES string of the molecule is CNCCC(N)=S. The van der Waals surface area contributed by atoms with E-state index in [9.17, 15) is 0 Å². The van der Waals surface area contributed by atoms with Crippen molar-refractivity contribution in [3.63, 3.8) is 0 Å². The standard InChI is InChI=1S/C4H10N2S/c1-6-3-2-4(5)7/h6H,2-3H2,1H3,(H2,5,7). The van der Waals surface area contributed by atoms with Crippen LogP contribution in [-0.2, 0) is 0 Å². The molecule has 0 aliphatic heterocycles. The summed E-state index contributed by atoms with van der Waals surface area (Å²) in [6.07, 6.45) is 0.797. The maximum Gasteiger partial charge on any atom is 0.0740 e. The highest BCUT2D eigenvalue weighted by atomic mass is 32.1. The average Bonchev–Trinajstić information content (AvgIpc) is 1.61. The van der Waals surface area contributed by atoms with Gasteiger partial charge >= 0.3 is 0 Å². The normalized spacial score (nSPS) is 8.71. The van der Waals surface area contributed by atoms with Gasteiger partial charge in [-0.05, 0) is 7.05 Å². The van der Waals surface area contributed by atoms with Gasteiger partial charge in [-0.2, -0.15) is 0 Å². The highest BCUT2D eigenvalue weighted by Crippen LogP contribution is 1.72. The first-order chi connectivity index (χ1) is 3.27. The predicted molar refractivity (Wildman–Crippen MR) is 35.3 cm³/mol. The van der Waals surface area contributed by atoms with Crippen LogP contribution in [0.4, 0.5) is 0 Å². The van der Waals surface area contributed by atoms with E-state index < -0.39 is 0 Å². The van der Waals surface area contributed by atoms with Gasteiger partial charge in [-0.3, -0.25) is 0 Å². The zero-order valence-electron chi connectivity index (χ0n) is 4.40. The van der Waals surface area contributed by atoms with Gasteiger partial charge in [0.2, 0.25) is 0 Å². The van der Waals surface area contributed by atoms with Crippen LogP contribution in [0.2, 0.25) is 0 Å². The number of thiocarbonyl (C=S) groups is 1. The molecule has 0 unspecified atom stereocenters. The minimum Gasteiger partial charge on any atom is -0.393 e. The Kier molecular flexibility index (Phi) is 3.93. The summed E-state index contributed by atoms with van der Waals surface area (Å²) in [5, 5.41) is 2.93. The molecule has 0 atom stereocenters. The van der Waals surface area contributed by atoms with Gasteiger partial charge in [0.1, 0.15) is 0 Å². The minimum atomic E-state index is 0.578. The first kappa shape index (κ1) is 6.85. The summed E-state index contributed by atoms with van der Waals surface area (Å²) >= 11 is 4.60.